The van der Waals surface area contributed by atoms with Crippen molar-refractivity contribution in [3.8, 4) is 6.07 Å². The summed E-state index contributed by atoms with van der Waals surface area (Å²) in [5.74, 6) is -0.329. The minimum atomic E-state index is -3.78. The molecule has 1 heterocycles. The van der Waals surface area contributed by atoms with Gasteiger partial charge in [0.2, 0.25) is 15.0 Å². The van der Waals surface area contributed by atoms with Crippen LogP contribution in [0.5, 0.6) is 0 Å². The van der Waals surface area contributed by atoms with Gasteiger partial charge >= 0.3 is 0 Å². The Bertz CT molecular complexity index is 684. The van der Waals surface area contributed by atoms with Crippen molar-refractivity contribution in [1.29, 1.82) is 5.26 Å². The van der Waals surface area contributed by atoms with E-state index in [1.165, 1.54) is 4.90 Å². The van der Waals surface area contributed by atoms with Gasteiger partial charge in [-0.25, -0.2) is 8.42 Å². The molecule has 0 radical (unpaired) electrons. The van der Waals surface area contributed by atoms with E-state index in [0.29, 0.717) is 15.7 Å². The van der Waals surface area contributed by atoms with Crippen molar-refractivity contribution in [3.05, 3.63) is 28.2 Å². The molecular weight excluding hydrogens is 356 g/mol. The van der Waals surface area contributed by atoms with Gasteiger partial charge in [-0.05, 0) is 28.1 Å². The van der Waals surface area contributed by atoms with Crippen LogP contribution in [0.2, 0.25) is 0 Å². The van der Waals surface area contributed by atoms with E-state index in [0.717, 1.165) is 0 Å². The lowest BCUT2D eigenvalue weighted by Crippen LogP contribution is -2.27. The molecule has 1 aromatic carbocycles. The van der Waals surface area contributed by atoms with Crippen molar-refractivity contribution in [2.75, 3.05) is 11.4 Å². The number of nitriles is 1. The van der Waals surface area contributed by atoms with Gasteiger partial charge in [0.1, 0.15) is 11.3 Å². The zero-order chi connectivity index (χ0) is 14.2. The maximum absolute atomic E-state index is 11.9. The van der Waals surface area contributed by atoms with Gasteiger partial charge in [-0.15, -0.1) is 0 Å². The smallest absolute Gasteiger partial charge is 0.237 e. The van der Waals surface area contributed by atoms with Crippen LogP contribution in [0, 0.1) is 11.3 Å². The van der Waals surface area contributed by atoms with E-state index in [-0.39, 0.29) is 18.9 Å². The zero-order valence-corrected chi connectivity index (χ0v) is 12.7. The third-order valence-corrected chi connectivity index (χ3v) is 5.58. The number of nitrogens with zero attached hydrogens (tertiary/aromatic N) is 2. The van der Waals surface area contributed by atoms with Gasteiger partial charge in [0.15, 0.2) is 0 Å². The molecule has 1 atom stereocenters. The van der Waals surface area contributed by atoms with Crippen molar-refractivity contribution >= 4 is 47.3 Å². The second kappa shape index (κ2) is 5.12. The number of carbonyl (C=O) groups excluding carboxylic acids is 1. The van der Waals surface area contributed by atoms with Crippen molar-refractivity contribution in [2.45, 2.75) is 11.7 Å². The van der Waals surface area contributed by atoms with Crippen LogP contribution in [-0.4, -0.2) is 26.1 Å². The summed E-state index contributed by atoms with van der Waals surface area (Å²) in [4.78, 5) is 13.2. The van der Waals surface area contributed by atoms with Crippen LogP contribution in [0.3, 0.4) is 0 Å². The minimum Gasteiger partial charge on any atom is -0.310 e. The molecule has 0 aromatic heterocycles. The molecule has 0 N–H and O–H groups in total. The van der Waals surface area contributed by atoms with Crippen LogP contribution in [0.25, 0.3) is 0 Å². The normalized spacial score (nSPS) is 19.5. The minimum absolute atomic E-state index is 0.00184. The number of amides is 1. The highest BCUT2D eigenvalue weighted by atomic mass is 79.9. The second-order valence-electron chi connectivity index (χ2n) is 4.06. The van der Waals surface area contributed by atoms with Crippen molar-refractivity contribution in [2.24, 2.45) is 0 Å². The molecule has 1 aliphatic rings. The summed E-state index contributed by atoms with van der Waals surface area (Å²) in [5, 5.41) is 8.02. The first kappa shape index (κ1) is 14.3. The molecule has 1 saturated heterocycles. The Morgan fingerprint density at radius 2 is 2.16 bits per heavy atom. The van der Waals surface area contributed by atoms with E-state index in [4.69, 9.17) is 15.9 Å². The molecule has 100 valence electrons. The van der Waals surface area contributed by atoms with Gasteiger partial charge in [-0.2, -0.15) is 5.26 Å². The van der Waals surface area contributed by atoms with Gasteiger partial charge in [0.05, 0.1) is 15.7 Å². The van der Waals surface area contributed by atoms with Crippen molar-refractivity contribution < 1.29 is 13.2 Å². The Hall–Kier alpha value is -1.10. The summed E-state index contributed by atoms with van der Waals surface area (Å²) >= 11 is 3.25. The van der Waals surface area contributed by atoms with Gasteiger partial charge in [-0.1, -0.05) is 6.07 Å². The van der Waals surface area contributed by atoms with Gasteiger partial charge in [0, 0.05) is 23.6 Å². The largest absolute Gasteiger partial charge is 0.310 e. The first-order chi connectivity index (χ1) is 8.84. The molecule has 0 spiro atoms. The monoisotopic (exact) mass is 362 g/mol. The van der Waals surface area contributed by atoms with E-state index >= 15 is 0 Å². The van der Waals surface area contributed by atoms with Crippen LogP contribution in [0.1, 0.15) is 12.0 Å². The SMILES string of the molecule is N#Cc1cccc(N2CC(S(=O)(=O)Cl)CC2=O)c1Br. The lowest BCUT2D eigenvalue weighted by Gasteiger charge is -2.18. The third kappa shape index (κ3) is 2.76. The summed E-state index contributed by atoms with van der Waals surface area (Å²) in [5.41, 5.74) is 0.856. The number of hydrogen-bond donors (Lipinski definition) is 0. The van der Waals surface area contributed by atoms with Gasteiger partial charge in [0.25, 0.3) is 0 Å². The van der Waals surface area contributed by atoms with Gasteiger partial charge < -0.3 is 4.90 Å². The lowest BCUT2D eigenvalue weighted by molar-refractivity contribution is -0.117. The summed E-state index contributed by atoms with van der Waals surface area (Å²) in [7, 11) is 1.51. The van der Waals surface area contributed by atoms with Crippen molar-refractivity contribution in [1.82, 2.24) is 0 Å². The number of anilines is 1. The van der Waals surface area contributed by atoms with E-state index < -0.39 is 14.3 Å². The molecule has 2 rings (SSSR count). The molecule has 5 nitrogen and oxygen atoms in total. The highest BCUT2D eigenvalue weighted by Crippen LogP contribution is 2.33. The molecule has 1 unspecified atom stereocenters. The molecule has 8 heteroatoms. The van der Waals surface area contributed by atoms with E-state index in [1.54, 1.807) is 18.2 Å². The predicted molar refractivity (Wildman–Crippen MR) is 74.4 cm³/mol. The van der Waals surface area contributed by atoms with Crippen molar-refractivity contribution in [3.63, 3.8) is 0 Å². The molecule has 0 bridgehead atoms. The topological polar surface area (TPSA) is 78.2 Å². The molecule has 19 heavy (non-hydrogen) atoms. The quantitative estimate of drug-likeness (QED) is 0.753. The summed E-state index contributed by atoms with van der Waals surface area (Å²) < 4.78 is 23.0. The second-order valence-corrected chi connectivity index (χ2v) is 7.76. The Labute approximate surface area is 123 Å². The molecule has 0 saturated carbocycles. The average Bonchev–Trinajstić information content (AvgIpc) is 2.71. The van der Waals surface area contributed by atoms with Crippen LogP contribution >= 0.6 is 26.6 Å². The molecule has 1 aromatic rings. The van der Waals surface area contributed by atoms with Crippen LogP contribution in [0.15, 0.2) is 22.7 Å². The Morgan fingerprint density at radius 1 is 1.47 bits per heavy atom. The van der Waals surface area contributed by atoms with Crippen LogP contribution < -0.4 is 4.90 Å². The Balaban J connectivity index is 2.40. The summed E-state index contributed by atoms with van der Waals surface area (Å²) in [6.07, 6.45) is -0.144. The van der Waals surface area contributed by atoms with Gasteiger partial charge in [-0.3, -0.25) is 4.79 Å². The highest BCUT2D eigenvalue weighted by Gasteiger charge is 2.38. The highest BCUT2D eigenvalue weighted by molar-refractivity contribution is 9.10. The maximum atomic E-state index is 11.9. The number of halogens is 2. The number of carbonyl (C=O) groups is 1. The maximum Gasteiger partial charge on any atom is 0.237 e. The van der Waals surface area contributed by atoms with E-state index in [9.17, 15) is 13.2 Å². The molecule has 1 amide bonds. The number of rotatable bonds is 2. The van der Waals surface area contributed by atoms with E-state index in [2.05, 4.69) is 15.9 Å². The third-order valence-electron chi connectivity index (χ3n) is 2.88. The van der Waals surface area contributed by atoms with Crippen LogP contribution in [-0.2, 0) is 13.8 Å². The average molecular weight is 364 g/mol. The lowest BCUT2D eigenvalue weighted by atomic mass is 10.2. The van der Waals surface area contributed by atoms with Crippen LogP contribution in [0.4, 0.5) is 5.69 Å². The zero-order valence-electron chi connectivity index (χ0n) is 9.51. The first-order valence-electron chi connectivity index (χ1n) is 5.27. The fourth-order valence-electron chi connectivity index (χ4n) is 1.91. The fraction of sp³-hybridized carbons (Fsp3) is 0.273. The standard InChI is InChI=1S/C11H8BrClN2O3S/c12-11-7(5-14)2-1-3-9(11)15-6-8(4-10(15)16)19(13,17)18/h1-3,8H,4,6H2. The summed E-state index contributed by atoms with van der Waals surface area (Å²) in [6, 6.07) is 6.87. The number of benzene rings is 1. The Kier molecular flexibility index (Phi) is 3.85. The molecular formula is C11H8BrClN2O3S. The Morgan fingerprint density at radius 3 is 2.68 bits per heavy atom. The molecule has 1 fully saturated rings. The van der Waals surface area contributed by atoms with E-state index in [1.807, 2.05) is 6.07 Å². The first-order valence-corrected chi connectivity index (χ1v) is 8.43. The molecule has 0 aliphatic carbocycles. The fourth-order valence-corrected chi connectivity index (χ4v) is 3.50. The molecule has 1 aliphatic heterocycles. The predicted octanol–water partition coefficient (Wildman–Crippen LogP) is 1.99. The number of hydrogen-bond acceptors (Lipinski definition) is 4. The summed E-state index contributed by atoms with van der Waals surface area (Å²) in [6.45, 7) is -0.00184.